The Balaban J connectivity index is 2.49. The molecule has 0 aliphatic heterocycles. The minimum Gasteiger partial charge on any atom is -0.256 e. The van der Waals surface area contributed by atoms with Gasteiger partial charge in [-0.15, -0.1) is 0 Å². The quantitative estimate of drug-likeness (QED) is 0.754. The van der Waals surface area contributed by atoms with Crippen LogP contribution in [0.4, 0.5) is 4.39 Å². The standard InChI is InChI=1S/C11H7BrFN/c12-9-4-5-14-11(7-9)8-2-1-3-10(13)6-8/h1-7H. The number of benzene rings is 1. The second-order valence-corrected chi connectivity index (χ2v) is 3.79. The third-order valence-corrected chi connectivity index (χ3v) is 2.34. The summed E-state index contributed by atoms with van der Waals surface area (Å²) in [5, 5.41) is 0. The van der Waals surface area contributed by atoms with Crippen LogP contribution in [0.2, 0.25) is 0 Å². The van der Waals surface area contributed by atoms with Gasteiger partial charge in [0.05, 0.1) is 5.69 Å². The van der Waals surface area contributed by atoms with E-state index in [1.165, 1.54) is 12.1 Å². The van der Waals surface area contributed by atoms with E-state index >= 15 is 0 Å². The molecule has 0 saturated heterocycles. The van der Waals surface area contributed by atoms with E-state index in [1.54, 1.807) is 12.3 Å². The maximum Gasteiger partial charge on any atom is 0.123 e. The molecule has 0 spiro atoms. The van der Waals surface area contributed by atoms with E-state index in [1.807, 2.05) is 18.2 Å². The first-order valence-electron chi connectivity index (χ1n) is 4.13. The third-order valence-electron chi connectivity index (χ3n) is 1.84. The summed E-state index contributed by atoms with van der Waals surface area (Å²) in [5.74, 6) is -0.246. The van der Waals surface area contributed by atoms with Crippen molar-refractivity contribution in [2.45, 2.75) is 0 Å². The average Bonchev–Trinajstić information content (AvgIpc) is 2.18. The molecule has 0 saturated carbocycles. The van der Waals surface area contributed by atoms with Crippen LogP contribution in [0.15, 0.2) is 47.1 Å². The van der Waals surface area contributed by atoms with Crippen molar-refractivity contribution in [1.82, 2.24) is 4.98 Å². The molecule has 1 aromatic heterocycles. The van der Waals surface area contributed by atoms with Crippen molar-refractivity contribution in [3.8, 4) is 11.3 Å². The molecule has 0 bridgehead atoms. The first kappa shape index (κ1) is 9.34. The van der Waals surface area contributed by atoms with E-state index in [0.29, 0.717) is 0 Å². The topological polar surface area (TPSA) is 12.9 Å². The van der Waals surface area contributed by atoms with Crippen LogP contribution in [-0.2, 0) is 0 Å². The minimum absolute atomic E-state index is 0.246. The fourth-order valence-corrected chi connectivity index (χ4v) is 1.55. The molecule has 0 unspecified atom stereocenters. The molecule has 0 fully saturated rings. The number of hydrogen-bond donors (Lipinski definition) is 0. The van der Waals surface area contributed by atoms with Crippen LogP contribution in [0, 0.1) is 5.82 Å². The van der Waals surface area contributed by atoms with Crippen LogP contribution < -0.4 is 0 Å². The zero-order valence-corrected chi connectivity index (χ0v) is 8.83. The molecule has 0 atom stereocenters. The highest BCUT2D eigenvalue weighted by molar-refractivity contribution is 9.10. The lowest BCUT2D eigenvalue weighted by Crippen LogP contribution is -1.83. The van der Waals surface area contributed by atoms with Gasteiger partial charge in [-0.05, 0) is 24.3 Å². The predicted octanol–water partition coefficient (Wildman–Crippen LogP) is 3.65. The van der Waals surface area contributed by atoms with Crippen molar-refractivity contribution in [3.63, 3.8) is 0 Å². The summed E-state index contributed by atoms with van der Waals surface area (Å²) in [6.07, 6.45) is 1.68. The highest BCUT2D eigenvalue weighted by Gasteiger charge is 2.00. The molecule has 0 N–H and O–H groups in total. The number of hydrogen-bond acceptors (Lipinski definition) is 1. The van der Waals surface area contributed by atoms with Gasteiger partial charge < -0.3 is 0 Å². The summed E-state index contributed by atoms with van der Waals surface area (Å²) in [5.41, 5.74) is 1.55. The van der Waals surface area contributed by atoms with Crippen molar-refractivity contribution in [2.75, 3.05) is 0 Å². The number of rotatable bonds is 1. The molecule has 3 heteroatoms. The maximum atomic E-state index is 12.9. The Morgan fingerprint density at radius 3 is 2.71 bits per heavy atom. The number of aromatic nitrogens is 1. The lowest BCUT2D eigenvalue weighted by Gasteiger charge is -2.00. The molecular weight excluding hydrogens is 245 g/mol. The average molecular weight is 252 g/mol. The summed E-state index contributed by atoms with van der Waals surface area (Å²) in [4.78, 5) is 4.15. The normalized spacial score (nSPS) is 10.1. The second kappa shape index (κ2) is 3.88. The number of nitrogens with zero attached hydrogens (tertiary/aromatic N) is 1. The van der Waals surface area contributed by atoms with Gasteiger partial charge in [0.1, 0.15) is 5.82 Å². The van der Waals surface area contributed by atoms with Crippen LogP contribution in [0.1, 0.15) is 0 Å². The summed E-state index contributed by atoms with van der Waals surface area (Å²) in [6, 6.07) is 10.1. The summed E-state index contributed by atoms with van der Waals surface area (Å²) < 4.78 is 13.9. The largest absolute Gasteiger partial charge is 0.256 e. The molecule has 70 valence electrons. The number of halogens is 2. The number of pyridine rings is 1. The monoisotopic (exact) mass is 251 g/mol. The minimum atomic E-state index is -0.246. The third kappa shape index (κ3) is 1.99. The molecule has 0 radical (unpaired) electrons. The fourth-order valence-electron chi connectivity index (χ4n) is 1.21. The molecule has 1 aromatic carbocycles. The lowest BCUT2D eigenvalue weighted by atomic mass is 10.1. The SMILES string of the molecule is Fc1cccc(-c2cc(Br)ccn2)c1. The van der Waals surface area contributed by atoms with Crippen LogP contribution in [0.3, 0.4) is 0 Å². The molecule has 1 nitrogen and oxygen atoms in total. The maximum absolute atomic E-state index is 12.9. The summed E-state index contributed by atoms with van der Waals surface area (Å²) in [7, 11) is 0. The molecular formula is C11H7BrFN. The Morgan fingerprint density at radius 1 is 1.14 bits per heavy atom. The molecule has 14 heavy (non-hydrogen) atoms. The van der Waals surface area contributed by atoms with Gasteiger partial charge >= 0.3 is 0 Å². The zero-order chi connectivity index (χ0) is 9.97. The molecule has 1 heterocycles. The Kier molecular flexibility index (Phi) is 2.59. The smallest absolute Gasteiger partial charge is 0.123 e. The lowest BCUT2D eigenvalue weighted by molar-refractivity contribution is 0.628. The second-order valence-electron chi connectivity index (χ2n) is 2.87. The highest BCUT2D eigenvalue weighted by Crippen LogP contribution is 2.20. The Labute approximate surface area is 89.7 Å². The molecule has 0 amide bonds. The van der Waals surface area contributed by atoms with Crippen molar-refractivity contribution < 1.29 is 4.39 Å². The van der Waals surface area contributed by atoms with Crippen molar-refractivity contribution in [2.24, 2.45) is 0 Å². The summed E-state index contributed by atoms with van der Waals surface area (Å²) in [6.45, 7) is 0. The van der Waals surface area contributed by atoms with Crippen molar-refractivity contribution in [1.29, 1.82) is 0 Å². The summed E-state index contributed by atoms with van der Waals surface area (Å²) >= 11 is 3.34. The van der Waals surface area contributed by atoms with Gasteiger partial charge in [0.2, 0.25) is 0 Å². The van der Waals surface area contributed by atoms with Crippen LogP contribution in [-0.4, -0.2) is 4.98 Å². The predicted molar refractivity (Wildman–Crippen MR) is 57.3 cm³/mol. The van der Waals surface area contributed by atoms with E-state index in [2.05, 4.69) is 20.9 Å². The van der Waals surface area contributed by atoms with Gasteiger partial charge in [0, 0.05) is 16.2 Å². The Morgan fingerprint density at radius 2 is 2.00 bits per heavy atom. The van der Waals surface area contributed by atoms with Crippen LogP contribution in [0.25, 0.3) is 11.3 Å². The first-order chi connectivity index (χ1) is 6.75. The highest BCUT2D eigenvalue weighted by atomic mass is 79.9. The van der Waals surface area contributed by atoms with Gasteiger partial charge in [0.25, 0.3) is 0 Å². The van der Waals surface area contributed by atoms with E-state index in [9.17, 15) is 4.39 Å². The van der Waals surface area contributed by atoms with E-state index in [0.717, 1.165) is 15.7 Å². The van der Waals surface area contributed by atoms with Crippen molar-refractivity contribution >= 4 is 15.9 Å². The van der Waals surface area contributed by atoms with Crippen molar-refractivity contribution in [3.05, 3.63) is 52.9 Å². The molecule has 2 rings (SSSR count). The zero-order valence-electron chi connectivity index (χ0n) is 7.24. The Hall–Kier alpha value is -1.22. The Bertz CT molecular complexity index is 413. The molecule has 2 aromatic rings. The van der Waals surface area contributed by atoms with Gasteiger partial charge in [-0.3, -0.25) is 4.98 Å². The van der Waals surface area contributed by atoms with E-state index < -0.39 is 0 Å². The van der Waals surface area contributed by atoms with E-state index in [-0.39, 0.29) is 5.82 Å². The molecule has 0 aliphatic carbocycles. The van der Waals surface area contributed by atoms with Crippen LogP contribution >= 0.6 is 15.9 Å². The van der Waals surface area contributed by atoms with Crippen LogP contribution in [0.5, 0.6) is 0 Å². The fraction of sp³-hybridized carbons (Fsp3) is 0. The van der Waals surface area contributed by atoms with Gasteiger partial charge in [0.15, 0.2) is 0 Å². The van der Waals surface area contributed by atoms with Gasteiger partial charge in [-0.1, -0.05) is 28.1 Å². The molecule has 0 aliphatic rings. The van der Waals surface area contributed by atoms with Gasteiger partial charge in [-0.2, -0.15) is 0 Å². The first-order valence-corrected chi connectivity index (χ1v) is 4.92. The van der Waals surface area contributed by atoms with E-state index in [4.69, 9.17) is 0 Å². The van der Waals surface area contributed by atoms with Gasteiger partial charge in [-0.25, -0.2) is 4.39 Å².